The largest absolute Gasteiger partial charge is 0.0851 e. The molecule has 2 aromatic rings. The van der Waals surface area contributed by atoms with Crippen molar-refractivity contribution in [2.75, 3.05) is 0 Å². The summed E-state index contributed by atoms with van der Waals surface area (Å²) in [5.74, 6) is 1.76. The average Bonchev–Trinajstić information content (AvgIpc) is 3.06. The topological polar surface area (TPSA) is 0 Å². The van der Waals surface area contributed by atoms with Gasteiger partial charge in [0.25, 0.3) is 0 Å². The molecule has 0 nitrogen and oxygen atoms in total. The van der Waals surface area contributed by atoms with Crippen LogP contribution in [0.3, 0.4) is 0 Å². The van der Waals surface area contributed by atoms with Gasteiger partial charge in [0.1, 0.15) is 0 Å². The molecular weight excluding hydrogens is 240 g/mol. The molecule has 3 unspecified atom stereocenters. The lowest BCUT2D eigenvalue weighted by Gasteiger charge is -2.40. The number of benzene rings is 2. The number of hydrogen-bond acceptors (Lipinski definition) is 0. The number of fused-ring (bicyclic) bond motifs is 5. The molecule has 3 atom stereocenters. The normalized spacial score (nSPS) is 34.0. The monoisotopic (exact) mass is 260 g/mol. The van der Waals surface area contributed by atoms with E-state index < -0.39 is 0 Å². The van der Waals surface area contributed by atoms with E-state index in [2.05, 4.69) is 48.6 Å². The molecule has 20 heavy (non-hydrogen) atoms. The van der Waals surface area contributed by atoms with Crippen molar-refractivity contribution >= 4 is 10.8 Å². The first-order valence-electron chi connectivity index (χ1n) is 8.01. The van der Waals surface area contributed by atoms with E-state index in [1.165, 1.54) is 42.9 Å². The third-order valence-corrected chi connectivity index (χ3v) is 6.13. The molecule has 1 saturated carbocycles. The minimum Gasteiger partial charge on any atom is -0.0851 e. The van der Waals surface area contributed by atoms with Crippen LogP contribution in [0, 0.1) is 17.3 Å². The van der Waals surface area contributed by atoms with Crippen molar-refractivity contribution < 1.29 is 0 Å². The van der Waals surface area contributed by atoms with Gasteiger partial charge < -0.3 is 0 Å². The Morgan fingerprint density at radius 1 is 0.950 bits per heavy atom. The van der Waals surface area contributed by atoms with Crippen LogP contribution in [-0.2, 0) is 12.8 Å². The Bertz CT molecular complexity index is 724. The maximum absolute atomic E-state index is 2.53. The molecule has 1 fully saturated rings. The van der Waals surface area contributed by atoms with E-state index in [0.29, 0.717) is 5.41 Å². The maximum atomic E-state index is 2.53. The molecule has 0 saturated heterocycles. The van der Waals surface area contributed by atoms with Gasteiger partial charge in [-0.25, -0.2) is 0 Å². The van der Waals surface area contributed by atoms with E-state index in [1.54, 1.807) is 11.1 Å². The van der Waals surface area contributed by atoms with Crippen LogP contribution in [-0.4, -0.2) is 0 Å². The lowest BCUT2D eigenvalue weighted by Crippen LogP contribution is -2.32. The van der Waals surface area contributed by atoms with Crippen LogP contribution in [0.4, 0.5) is 0 Å². The number of hydrogen-bond donors (Lipinski definition) is 0. The third-order valence-electron chi connectivity index (χ3n) is 6.13. The highest BCUT2D eigenvalue weighted by atomic mass is 14.5. The minimum atomic E-state index is 0.606. The summed E-state index contributed by atoms with van der Waals surface area (Å²) in [6, 6.07) is 13.7. The molecule has 0 aliphatic heterocycles. The van der Waals surface area contributed by atoms with Crippen molar-refractivity contribution in [1.29, 1.82) is 0 Å². The van der Waals surface area contributed by atoms with E-state index in [0.717, 1.165) is 11.8 Å². The van der Waals surface area contributed by atoms with E-state index in [1.807, 2.05) is 0 Å². The predicted molar refractivity (Wildman–Crippen MR) is 83.8 cm³/mol. The van der Waals surface area contributed by atoms with Gasteiger partial charge in [0.05, 0.1) is 0 Å². The zero-order valence-electron chi connectivity index (χ0n) is 11.8. The van der Waals surface area contributed by atoms with Crippen LogP contribution < -0.4 is 0 Å². The summed E-state index contributed by atoms with van der Waals surface area (Å²) in [5.41, 5.74) is 3.85. The standard InChI is InChI=1S/C20H20/c1-2-4-16-11-18-13-20(12-14-5-6-19(20)9-14)8-7-17(18)10-15(16)3-1/h1-6,10-11,14,19H,7-9,12-13H2. The maximum Gasteiger partial charge on any atom is -0.0168 e. The van der Waals surface area contributed by atoms with Crippen molar-refractivity contribution in [3.63, 3.8) is 0 Å². The molecule has 2 aromatic carbocycles. The summed E-state index contributed by atoms with van der Waals surface area (Å²) in [6.45, 7) is 0. The summed E-state index contributed by atoms with van der Waals surface area (Å²) in [7, 11) is 0. The van der Waals surface area contributed by atoms with Gasteiger partial charge in [0.2, 0.25) is 0 Å². The molecular formula is C20H20. The fourth-order valence-corrected chi connectivity index (χ4v) is 5.13. The molecule has 0 radical (unpaired) electrons. The molecule has 100 valence electrons. The van der Waals surface area contributed by atoms with E-state index in [4.69, 9.17) is 0 Å². The van der Waals surface area contributed by atoms with Crippen molar-refractivity contribution in [2.45, 2.75) is 32.1 Å². The first kappa shape index (κ1) is 11.1. The van der Waals surface area contributed by atoms with Gasteiger partial charge in [-0.15, -0.1) is 0 Å². The molecule has 0 aromatic heterocycles. The quantitative estimate of drug-likeness (QED) is 0.590. The van der Waals surface area contributed by atoms with Crippen molar-refractivity contribution in [1.82, 2.24) is 0 Å². The molecule has 1 spiro atoms. The summed E-state index contributed by atoms with van der Waals surface area (Å²) in [4.78, 5) is 0. The second kappa shape index (κ2) is 3.75. The first-order chi connectivity index (χ1) is 9.82. The van der Waals surface area contributed by atoms with Gasteiger partial charge in [0.15, 0.2) is 0 Å². The zero-order chi connectivity index (χ0) is 13.2. The lowest BCUT2D eigenvalue weighted by atomic mass is 9.64. The van der Waals surface area contributed by atoms with Crippen LogP contribution >= 0.6 is 0 Å². The smallest absolute Gasteiger partial charge is 0.0168 e. The van der Waals surface area contributed by atoms with Crippen LogP contribution in [0.25, 0.3) is 10.8 Å². The van der Waals surface area contributed by atoms with Crippen molar-refractivity contribution in [3.8, 4) is 0 Å². The number of rotatable bonds is 0. The SMILES string of the molecule is C1=CC2CC1CC21CCc2cc3ccccc3cc2C1. The Morgan fingerprint density at radius 2 is 1.75 bits per heavy atom. The van der Waals surface area contributed by atoms with Crippen LogP contribution in [0.15, 0.2) is 48.6 Å². The lowest BCUT2D eigenvalue weighted by molar-refractivity contribution is 0.195. The number of aryl methyl sites for hydroxylation is 1. The molecule has 5 rings (SSSR count). The highest BCUT2D eigenvalue weighted by Crippen LogP contribution is 2.57. The molecule has 0 heterocycles. The molecule has 3 aliphatic rings. The Balaban J connectivity index is 1.61. The predicted octanol–water partition coefficient (Wildman–Crippen LogP) is 4.91. The van der Waals surface area contributed by atoms with E-state index >= 15 is 0 Å². The van der Waals surface area contributed by atoms with Crippen LogP contribution in [0.1, 0.15) is 30.4 Å². The molecule has 2 bridgehead atoms. The highest BCUT2D eigenvalue weighted by molar-refractivity contribution is 5.84. The van der Waals surface area contributed by atoms with Gasteiger partial charge >= 0.3 is 0 Å². The van der Waals surface area contributed by atoms with Gasteiger partial charge in [-0.2, -0.15) is 0 Å². The minimum absolute atomic E-state index is 0.606. The van der Waals surface area contributed by atoms with Gasteiger partial charge in [-0.3, -0.25) is 0 Å². The second-order valence-corrected chi connectivity index (χ2v) is 7.20. The fraction of sp³-hybridized carbons (Fsp3) is 0.400. The Hall–Kier alpha value is -1.56. The molecule has 0 N–H and O–H groups in total. The Labute approximate surface area is 120 Å². The second-order valence-electron chi connectivity index (χ2n) is 7.20. The van der Waals surface area contributed by atoms with Crippen molar-refractivity contribution in [3.05, 3.63) is 59.7 Å². The Morgan fingerprint density at radius 3 is 2.45 bits per heavy atom. The zero-order valence-corrected chi connectivity index (χ0v) is 11.8. The summed E-state index contributed by atoms with van der Waals surface area (Å²) < 4.78 is 0. The summed E-state index contributed by atoms with van der Waals surface area (Å²) in [5, 5.41) is 2.83. The van der Waals surface area contributed by atoms with E-state index in [-0.39, 0.29) is 0 Å². The number of allylic oxidation sites excluding steroid dienone is 2. The molecule has 0 heteroatoms. The molecule has 0 amide bonds. The van der Waals surface area contributed by atoms with Crippen LogP contribution in [0.5, 0.6) is 0 Å². The fourth-order valence-electron chi connectivity index (χ4n) is 5.13. The Kier molecular flexibility index (Phi) is 2.09. The van der Waals surface area contributed by atoms with Crippen molar-refractivity contribution in [2.24, 2.45) is 17.3 Å². The molecule has 3 aliphatic carbocycles. The average molecular weight is 260 g/mol. The van der Waals surface area contributed by atoms with Crippen LogP contribution in [0.2, 0.25) is 0 Å². The first-order valence-corrected chi connectivity index (χ1v) is 8.01. The summed E-state index contributed by atoms with van der Waals surface area (Å²) in [6.07, 6.45) is 11.9. The summed E-state index contributed by atoms with van der Waals surface area (Å²) >= 11 is 0. The highest BCUT2D eigenvalue weighted by Gasteiger charge is 2.49. The van der Waals surface area contributed by atoms with Gasteiger partial charge in [-0.05, 0) is 71.3 Å². The van der Waals surface area contributed by atoms with E-state index in [9.17, 15) is 0 Å². The van der Waals surface area contributed by atoms with Gasteiger partial charge in [0, 0.05) is 0 Å². The van der Waals surface area contributed by atoms with Gasteiger partial charge in [-0.1, -0.05) is 48.6 Å². The third kappa shape index (κ3) is 1.43.